The SMILES string of the molecule is Cl.Fc1ccc(-c2noc(C3CC34CCNC4)n2)cc1F. The fraction of sp³-hybridized carbons (Fsp3) is 0.429. The molecule has 2 fully saturated rings. The summed E-state index contributed by atoms with van der Waals surface area (Å²) in [6.07, 6.45) is 2.18. The summed E-state index contributed by atoms with van der Waals surface area (Å²) in [6, 6.07) is 3.61. The van der Waals surface area contributed by atoms with E-state index in [1.807, 2.05) is 0 Å². The van der Waals surface area contributed by atoms with Crippen LogP contribution in [0.25, 0.3) is 11.4 Å². The van der Waals surface area contributed by atoms with Crippen LogP contribution < -0.4 is 5.32 Å². The van der Waals surface area contributed by atoms with Gasteiger partial charge >= 0.3 is 0 Å². The maximum atomic E-state index is 13.2. The Morgan fingerprint density at radius 3 is 2.86 bits per heavy atom. The van der Waals surface area contributed by atoms with Gasteiger partial charge in [-0.15, -0.1) is 12.4 Å². The summed E-state index contributed by atoms with van der Waals surface area (Å²) in [5.74, 6) is -0.572. The Hall–Kier alpha value is -1.53. The van der Waals surface area contributed by atoms with Crippen LogP contribution in [0.2, 0.25) is 0 Å². The van der Waals surface area contributed by atoms with E-state index in [9.17, 15) is 8.78 Å². The topological polar surface area (TPSA) is 51.0 Å². The maximum absolute atomic E-state index is 13.2. The number of hydrogen-bond donors (Lipinski definition) is 1. The molecule has 1 aliphatic carbocycles. The Balaban J connectivity index is 0.00000132. The lowest BCUT2D eigenvalue weighted by molar-refractivity contribution is 0.364. The van der Waals surface area contributed by atoms with Gasteiger partial charge in [0.15, 0.2) is 11.6 Å². The highest BCUT2D eigenvalue weighted by Gasteiger charge is 2.58. The molecule has 2 aliphatic rings. The number of halogens is 3. The average Bonchev–Trinajstić information content (AvgIpc) is 2.83. The van der Waals surface area contributed by atoms with E-state index in [2.05, 4.69) is 15.5 Å². The van der Waals surface area contributed by atoms with Gasteiger partial charge in [0.1, 0.15) is 0 Å². The molecule has 1 aromatic heterocycles. The van der Waals surface area contributed by atoms with Crippen LogP contribution in [0.15, 0.2) is 22.7 Å². The summed E-state index contributed by atoms with van der Waals surface area (Å²) in [5.41, 5.74) is 0.704. The van der Waals surface area contributed by atoms with E-state index in [1.165, 1.54) is 6.07 Å². The van der Waals surface area contributed by atoms with E-state index in [0.717, 1.165) is 38.1 Å². The van der Waals surface area contributed by atoms with Gasteiger partial charge in [-0.25, -0.2) is 8.78 Å². The van der Waals surface area contributed by atoms with Crippen molar-refractivity contribution in [3.05, 3.63) is 35.7 Å². The molecule has 21 heavy (non-hydrogen) atoms. The van der Waals surface area contributed by atoms with Crippen molar-refractivity contribution in [2.24, 2.45) is 5.41 Å². The van der Waals surface area contributed by atoms with Crippen molar-refractivity contribution in [2.75, 3.05) is 13.1 Å². The van der Waals surface area contributed by atoms with Crippen LogP contribution in [-0.2, 0) is 0 Å². The minimum atomic E-state index is -0.906. The third kappa shape index (κ3) is 2.32. The number of nitrogens with zero attached hydrogens (tertiary/aromatic N) is 2. The first-order valence-corrected chi connectivity index (χ1v) is 6.68. The zero-order chi connectivity index (χ0) is 13.7. The molecule has 1 aliphatic heterocycles. The largest absolute Gasteiger partial charge is 0.339 e. The first-order valence-electron chi connectivity index (χ1n) is 6.68. The van der Waals surface area contributed by atoms with E-state index >= 15 is 0 Å². The molecule has 1 N–H and O–H groups in total. The van der Waals surface area contributed by atoms with Crippen LogP contribution in [0.5, 0.6) is 0 Å². The van der Waals surface area contributed by atoms with Crippen LogP contribution in [0.3, 0.4) is 0 Å². The van der Waals surface area contributed by atoms with E-state index in [-0.39, 0.29) is 17.8 Å². The maximum Gasteiger partial charge on any atom is 0.230 e. The zero-order valence-electron chi connectivity index (χ0n) is 11.1. The molecule has 1 saturated heterocycles. The van der Waals surface area contributed by atoms with Gasteiger partial charge in [-0.1, -0.05) is 5.16 Å². The van der Waals surface area contributed by atoms with Crippen molar-refractivity contribution in [2.45, 2.75) is 18.8 Å². The molecular formula is C14H14ClF2N3O. The molecule has 4 rings (SSSR count). The molecular weight excluding hydrogens is 300 g/mol. The highest BCUT2D eigenvalue weighted by molar-refractivity contribution is 5.85. The number of benzene rings is 1. The van der Waals surface area contributed by atoms with E-state index in [0.29, 0.717) is 23.2 Å². The lowest BCUT2D eigenvalue weighted by Crippen LogP contribution is -2.10. The van der Waals surface area contributed by atoms with Gasteiger partial charge in [0.05, 0.1) is 0 Å². The van der Waals surface area contributed by atoms with Crippen molar-refractivity contribution < 1.29 is 13.3 Å². The van der Waals surface area contributed by atoms with Gasteiger partial charge in [-0.3, -0.25) is 0 Å². The van der Waals surface area contributed by atoms with Crippen LogP contribution in [0, 0.1) is 17.0 Å². The Kier molecular flexibility index (Phi) is 3.45. The third-order valence-electron chi connectivity index (χ3n) is 4.38. The highest BCUT2D eigenvalue weighted by atomic mass is 35.5. The second-order valence-electron chi connectivity index (χ2n) is 5.63. The van der Waals surface area contributed by atoms with Gasteiger partial charge in [-0.2, -0.15) is 4.98 Å². The van der Waals surface area contributed by atoms with Crippen molar-refractivity contribution in [1.29, 1.82) is 0 Å². The lowest BCUT2D eigenvalue weighted by atomic mass is 10.0. The van der Waals surface area contributed by atoms with E-state index < -0.39 is 11.6 Å². The highest BCUT2D eigenvalue weighted by Crippen LogP contribution is 2.62. The molecule has 1 spiro atoms. The van der Waals surface area contributed by atoms with Gasteiger partial charge in [-0.05, 0) is 43.0 Å². The molecule has 2 unspecified atom stereocenters. The molecule has 112 valence electrons. The zero-order valence-corrected chi connectivity index (χ0v) is 11.9. The fourth-order valence-electron chi connectivity index (χ4n) is 3.06. The molecule has 0 radical (unpaired) electrons. The first-order chi connectivity index (χ1) is 9.68. The number of nitrogens with one attached hydrogen (secondary N) is 1. The van der Waals surface area contributed by atoms with Crippen molar-refractivity contribution in [1.82, 2.24) is 15.5 Å². The Morgan fingerprint density at radius 2 is 2.14 bits per heavy atom. The average molecular weight is 314 g/mol. The minimum absolute atomic E-state index is 0. The molecule has 1 saturated carbocycles. The third-order valence-corrected chi connectivity index (χ3v) is 4.38. The number of hydrogen-bond acceptors (Lipinski definition) is 4. The molecule has 1 aromatic carbocycles. The van der Waals surface area contributed by atoms with Crippen molar-refractivity contribution in [3.8, 4) is 11.4 Å². The molecule has 7 heteroatoms. The summed E-state index contributed by atoms with van der Waals surface area (Å²) in [5, 5.41) is 7.22. The standard InChI is InChI=1S/C14H13F2N3O.ClH/c15-10-2-1-8(5-11(10)16)12-18-13(20-19-12)9-6-14(9)3-4-17-7-14;/h1-2,5,9,17H,3-4,6-7H2;1H. The minimum Gasteiger partial charge on any atom is -0.339 e. The van der Waals surface area contributed by atoms with Crippen LogP contribution in [0.1, 0.15) is 24.7 Å². The fourth-order valence-corrected chi connectivity index (χ4v) is 3.06. The summed E-state index contributed by atoms with van der Waals surface area (Å²) in [6.45, 7) is 2.02. The normalized spacial score (nSPS) is 26.9. The quantitative estimate of drug-likeness (QED) is 0.926. The van der Waals surface area contributed by atoms with Crippen LogP contribution in [0.4, 0.5) is 8.78 Å². The predicted molar refractivity (Wildman–Crippen MR) is 74.2 cm³/mol. The van der Waals surface area contributed by atoms with E-state index in [4.69, 9.17) is 4.52 Å². The summed E-state index contributed by atoms with van der Waals surface area (Å²) in [4.78, 5) is 4.34. The molecule has 4 nitrogen and oxygen atoms in total. The Morgan fingerprint density at radius 1 is 1.29 bits per heavy atom. The second kappa shape index (κ2) is 5.03. The van der Waals surface area contributed by atoms with Gasteiger partial charge in [0.2, 0.25) is 11.7 Å². The second-order valence-corrected chi connectivity index (χ2v) is 5.63. The number of aromatic nitrogens is 2. The monoisotopic (exact) mass is 313 g/mol. The van der Waals surface area contributed by atoms with Crippen molar-refractivity contribution >= 4 is 12.4 Å². The van der Waals surface area contributed by atoms with E-state index in [1.54, 1.807) is 0 Å². The molecule has 0 bridgehead atoms. The summed E-state index contributed by atoms with van der Waals surface area (Å²) < 4.78 is 31.4. The van der Waals surface area contributed by atoms with Gasteiger partial charge in [0.25, 0.3) is 0 Å². The summed E-state index contributed by atoms with van der Waals surface area (Å²) >= 11 is 0. The Bertz CT molecular complexity index is 670. The van der Waals surface area contributed by atoms with Crippen LogP contribution >= 0.6 is 12.4 Å². The lowest BCUT2D eigenvalue weighted by Gasteiger charge is -2.02. The first kappa shape index (κ1) is 14.4. The van der Waals surface area contributed by atoms with Gasteiger partial charge in [0, 0.05) is 18.0 Å². The predicted octanol–water partition coefficient (Wildman–Crippen LogP) is 2.90. The molecule has 0 amide bonds. The molecule has 2 heterocycles. The van der Waals surface area contributed by atoms with Crippen LogP contribution in [-0.4, -0.2) is 23.2 Å². The summed E-state index contributed by atoms with van der Waals surface area (Å²) in [7, 11) is 0. The number of rotatable bonds is 2. The smallest absolute Gasteiger partial charge is 0.230 e. The van der Waals surface area contributed by atoms with Crippen molar-refractivity contribution in [3.63, 3.8) is 0 Å². The molecule has 2 atom stereocenters. The Labute approximate surface area is 126 Å². The molecule has 2 aromatic rings. The van der Waals surface area contributed by atoms with Gasteiger partial charge < -0.3 is 9.84 Å².